The molecule has 0 aliphatic heterocycles. The Bertz CT molecular complexity index is 497. The number of aromatic nitrogens is 3. The molecule has 6 heteroatoms. The summed E-state index contributed by atoms with van der Waals surface area (Å²) in [4.78, 5) is 2.11. The molecule has 18 heavy (non-hydrogen) atoms. The lowest BCUT2D eigenvalue weighted by atomic mass is 10.2. The van der Waals surface area contributed by atoms with Crippen LogP contribution in [0.2, 0.25) is 0 Å². The first-order valence-electron chi connectivity index (χ1n) is 5.67. The summed E-state index contributed by atoms with van der Waals surface area (Å²) in [6.45, 7) is 1.47. The Morgan fingerprint density at radius 2 is 2.06 bits per heavy atom. The predicted octanol–water partition coefficient (Wildman–Crippen LogP) is 0.932. The molecular weight excluding hydrogens is 230 g/mol. The van der Waals surface area contributed by atoms with Crippen molar-refractivity contribution in [1.29, 1.82) is 0 Å². The van der Waals surface area contributed by atoms with Gasteiger partial charge in [-0.1, -0.05) is 0 Å². The van der Waals surface area contributed by atoms with Gasteiger partial charge in [0.1, 0.15) is 12.7 Å². The first kappa shape index (κ1) is 12.4. The summed E-state index contributed by atoms with van der Waals surface area (Å²) in [6.07, 6.45) is 3.31. The fourth-order valence-corrected chi connectivity index (χ4v) is 1.74. The van der Waals surface area contributed by atoms with Gasteiger partial charge in [0.2, 0.25) is 0 Å². The zero-order valence-electron chi connectivity index (χ0n) is 10.6. The van der Waals surface area contributed by atoms with Crippen molar-refractivity contribution in [3.8, 4) is 5.69 Å². The van der Waals surface area contributed by atoms with E-state index in [-0.39, 0.29) is 0 Å². The molecule has 0 bridgehead atoms. The summed E-state index contributed by atoms with van der Waals surface area (Å²) in [5, 5.41) is 7.64. The van der Waals surface area contributed by atoms with E-state index in [1.54, 1.807) is 19.8 Å². The first-order chi connectivity index (χ1) is 8.72. The number of rotatable bonds is 5. The van der Waals surface area contributed by atoms with Gasteiger partial charge in [-0.3, -0.25) is 4.57 Å². The maximum atomic E-state index is 5.84. The Labute approximate surface area is 106 Å². The predicted molar refractivity (Wildman–Crippen MR) is 70.9 cm³/mol. The number of hydrogen-bond donors (Lipinski definition) is 1. The maximum Gasteiger partial charge on any atom is 0.123 e. The van der Waals surface area contributed by atoms with Gasteiger partial charge in [-0.25, -0.2) is 0 Å². The van der Waals surface area contributed by atoms with E-state index in [0.717, 1.165) is 17.9 Å². The zero-order chi connectivity index (χ0) is 13.0. The fourth-order valence-electron chi connectivity index (χ4n) is 1.74. The van der Waals surface area contributed by atoms with Gasteiger partial charge >= 0.3 is 0 Å². The highest BCUT2D eigenvalue weighted by atomic mass is 16.5. The molecule has 0 saturated heterocycles. The van der Waals surface area contributed by atoms with Crippen molar-refractivity contribution in [2.45, 2.75) is 0 Å². The Morgan fingerprint density at radius 1 is 1.33 bits per heavy atom. The fraction of sp³-hybridized carbons (Fsp3) is 0.333. The molecule has 0 fully saturated rings. The second kappa shape index (κ2) is 5.50. The summed E-state index contributed by atoms with van der Waals surface area (Å²) in [5.41, 5.74) is 8.56. The van der Waals surface area contributed by atoms with Gasteiger partial charge in [0.05, 0.1) is 18.0 Å². The van der Waals surface area contributed by atoms with Crippen molar-refractivity contribution in [3.05, 3.63) is 30.9 Å². The smallest absolute Gasteiger partial charge is 0.123 e. The summed E-state index contributed by atoms with van der Waals surface area (Å²) >= 11 is 0. The lowest BCUT2D eigenvalue weighted by Gasteiger charge is -2.22. The van der Waals surface area contributed by atoms with E-state index in [1.807, 2.05) is 29.8 Å². The molecule has 2 N–H and O–H groups in total. The van der Waals surface area contributed by atoms with Crippen molar-refractivity contribution in [3.63, 3.8) is 0 Å². The van der Waals surface area contributed by atoms with Gasteiger partial charge in [-0.15, -0.1) is 10.2 Å². The average Bonchev–Trinajstić information content (AvgIpc) is 2.89. The van der Waals surface area contributed by atoms with Gasteiger partial charge in [0.15, 0.2) is 0 Å². The summed E-state index contributed by atoms with van der Waals surface area (Å²) < 4.78 is 6.93. The Balaban J connectivity index is 2.35. The van der Waals surface area contributed by atoms with E-state index >= 15 is 0 Å². The molecule has 1 aromatic carbocycles. The van der Waals surface area contributed by atoms with Crippen molar-refractivity contribution in [1.82, 2.24) is 14.8 Å². The van der Waals surface area contributed by atoms with Crippen molar-refractivity contribution in [2.24, 2.45) is 0 Å². The molecule has 0 atom stereocenters. The highest BCUT2D eigenvalue weighted by molar-refractivity contribution is 5.67. The number of benzene rings is 1. The topological polar surface area (TPSA) is 69.2 Å². The maximum absolute atomic E-state index is 5.84. The van der Waals surface area contributed by atoms with E-state index in [2.05, 4.69) is 15.1 Å². The summed E-state index contributed by atoms with van der Waals surface area (Å²) in [6, 6.07) is 5.77. The van der Waals surface area contributed by atoms with Crippen molar-refractivity contribution < 1.29 is 4.74 Å². The molecule has 0 aliphatic carbocycles. The third-order valence-electron chi connectivity index (χ3n) is 2.74. The number of hydrogen-bond acceptors (Lipinski definition) is 5. The number of likely N-dealkylation sites (N-methyl/N-ethyl adjacent to an activating group) is 1. The van der Waals surface area contributed by atoms with E-state index in [0.29, 0.717) is 12.3 Å². The van der Waals surface area contributed by atoms with E-state index in [1.165, 1.54) is 0 Å². The quantitative estimate of drug-likeness (QED) is 0.796. The van der Waals surface area contributed by atoms with Gasteiger partial charge in [0, 0.05) is 26.4 Å². The van der Waals surface area contributed by atoms with Crippen LogP contribution in [0.25, 0.3) is 5.69 Å². The van der Waals surface area contributed by atoms with Gasteiger partial charge in [-0.2, -0.15) is 0 Å². The molecule has 2 rings (SSSR count). The standard InChI is InChI=1S/C12H17N5O/c1-16(5-6-18-2)11-4-3-10(13)7-12(11)17-8-14-15-9-17/h3-4,7-9H,5-6,13H2,1-2H3. The highest BCUT2D eigenvalue weighted by Gasteiger charge is 2.09. The van der Waals surface area contributed by atoms with E-state index in [9.17, 15) is 0 Å². The average molecular weight is 247 g/mol. The van der Waals surface area contributed by atoms with Crippen molar-refractivity contribution >= 4 is 11.4 Å². The van der Waals surface area contributed by atoms with Crippen LogP contribution < -0.4 is 10.6 Å². The number of nitrogens with two attached hydrogens (primary N) is 1. The minimum atomic E-state index is 0.669. The zero-order valence-corrected chi connectivity index (χ0v) is 10.6. The van der Waals surface area contributed by atoms with Crippen LogP contribution in [-0.2, 0) is 4.74 Å². The first-order valence-corrected chi connectivity index (χ1v) is 5.67. The van der Waals surface area contributed by atoms with Crippen LogP contribution in [0.1, 0.15) is 0 Å². The highest BCUT2D eigenvalue weighted by Crippen LogP contribution is 2.25. The summed E-state index contributed by atoms with van der Waals surface area (Å²) in [7, 11) is 3.70. The normalized spacial score (nSPS) is 10.6. The van der Waals surface area contributed by atoms with E-state index < -0.39 is 0 Å². The molecule has 0 radical (unpaired) electrons. The Kier molecular flexibility index (Phi) is 3.78. The van der Waals surface area contributed by atoms with Crippen LogP contribution in [0.5, 0.6) is 0 Å². The Hall–Kier alpha value is -2.08. The third-order valence-corrected chi connectivity index (χ3v) is 2.74. The lowest BCUT2D eigenvalue weighted by molar-refractivity contribution is 0.206. The van der Waals surface area contributed by atoms with Crippen LogP contribution in [0.4, 0.5) is 11.4 Å². The number of nitrogen functional groups attached to an aromatic ring is 1. The largest absolute Gasteiger partial charge is 0.399 e. The minimum absolute atomic E-state index is 0.669. The molecule has 2 aromatic rings. The molecular formula is C12H17N5O. The van der Waals surface area contributed by atoms with Crippen LogP contribution in [-0.4, -0.2) is 42.1 Å². The monoisotopic (exact) mass is 247 g/mol. The van der Waals surface area contributed by atoms with Gasteiger partial charge < -0.3 is 15.4 Å². The summed E-state index contributed by atoms with van der Waals surface area (Å²) in [5.74, 6) is 0. The van der Waals surface area contributed by atoms with Crippen LogP contribution in [0.15, 0.2) is 30.9 Å². The third kappa shape index (κ3) is 2.60. The molecule has 1 aromatic heterocycles. The number of methoxy groups -OCH3 is 1. The van der Waals surface area contributed by atoms with Crippen LogP contribution in [0.3, 0.4) is 0 Å². The van der Waals surface area contributed by atoms with Gasteiger partial charge in [0.25, 0.3) is 0 Å². The van der Waals surface area contributed by atoms with Crippen molar-refractivity contribution in [2.75, 3.05) is 37.9 Å². The van der Waals surface area contributed by atoms with Crippen LogP contribution >= 0.6 is 0 Å². The molecule has 0 unspecified atom stereocenters. The Morgan fingerprint density at radius 3 is 2.72 bits per heavy atom. The number of ether oxygens (including phenoxy) is 1. The second-order valence-electron chi connectivity index (χ2n) is 4.03. The van der Waals surface area contributed by atoms with Crippen LogP contribution in [0, 0.1) is 0 Å². The number of nitrogens with zero attached hydrogens (tertiary/aromatic N) is 4. The molecule has 96 valence electrons. The molecule has 6 nitrogen and oxygen atoms in total. The SMILES string of the molecule is COCCN(C)c1ccc(N)cc1-n1cnnc1. The molecule has 0 saturated carbocycles. The lowest BCUT2D eigenvalue weighted by Crippen LogP contribution is -2.23. The molecule has 0 aliphatic rings. The second-order valence-corrected chi connectivity index (χ2v) is 4.03. The molecule has 0 amide bonds. The molecule has 0 spiro atoms. The number of anilines is 2. The molecule has 1 heterocycles. The van der Waals surface area contributed by atoms with E-state index in [4.69, 9.17) is 10.5 Å². The van der Waals surface area contributed by atoms with Gasteiger partial charge in [-0.05, 0) is 18.2 Å². The minimum Gasteiger partial charge on any atom is -0.399 e.